The van der Waals surface area contributed by atoms with Crippen LogP contribution in [0.1, 0.15) is 48.7 Å². The van der Waals surface area contributed by atoms with Gasteiger partial charge in [0.05, 0.1) is 5.92 Å². The first-order valence-corrected chi connectivity index (χ1v) is 7.19. The maximum atomic E-state index is 12.2. The molecule has 1 atom stereocenters. The van der Waals surface area contributed by atoms with E-state index in [1.165, 1.54) is 0 Å². The van der Waals surface area contributed by atoms with Gasteiger partial charge < -0.3 is 10.4 Å². The average Bonchev–Trinajstić information content (AvgIpc) is 2.35. The van der Waals surface area contributed by atoms with Gasteiger partial charge in [0, 0.05) is 12.1 Å². The second-order valence-electron chi connectivity index (χ2n) is 6.76. The van der Waals surface area contributed by atoms with Gasteiger partial charge >= 0.3 is 5.97 Å². The van der Waals surface area contributed by atoms with E-state index < -0.39 is 11.9 Å². The predicted octanol–water partition coefficient (Wildman–Crippen LogP) is 3.17. The van der Waals surface area contributed by atoms with E-state index in [1.807, 2.05) is 46.8 Å². The van der Waals surface area contributed by atoms with Crippen molar-refractivity contribution < 1.29 is 14.7 Å². The number of benzene rings is 1. The molecular formula is C17H25NO3. The highest BCUT2D eigenvalue weighted by molar-refractivity contribution is 5.96. The lowest BCUT2D eigenvalue weighted by Gasteiger charge is -2.23. The molecule has 0 aromatic heterocycles. The molecule has 1 unspecified atom stereocenters. The van der Waals surface area contributed by atoms with Crippen molar-refractivity contribution in [2.75, 3.05) is 6.54 Å². The number of carboxylic acids is 1. The largest absolute Gasteiger partial charge is 0.481 e. The monoisotopic (exact) mass is 291 g/mol. The Labute approximate surface area is 126 Å². The standard InChI is InChI=1S/C17H25NO3/c1-11-7-6-8-14(12(11)2)15(19)18-10-13(16(20)21)9-17(3,4)5/h6-8,13H,9-10H2,1-5H3,(H,18,19)(H,20,21). The SMILES string of the molecule is Cc1cccc(C(=O)NCC(CC(C)(C)C)C(=O)O)c1C. The second kappa shape index (κ2) is 6.74. The smallest absolute Gasteiger partial charge is 0.308 e. The van der Waals surface area contributed by atoms with E-state index in [0.717, 1.165) is 11.1 Å². The van der Waals surface area contributed by atoms with Gasteiger partial charge in [0.2, 0.25) is 0 Å². The van der Waals surface area contributed by atoms with Crippen LogP contribution in [0.25, 0.3) is 0 Å². The molecule has 2 N–H and O–H groups in total. The lowest BCUT2D eigenvalue weighted by atomic mass is 9.84. The first-order chi connectivity index (χ1) is 9.61. The lowest BCUT2D eigenvalue weighted by Crippen LogP contribution is -2.35. The van der Waals surface area contributed by atoms with Gasteiger partial charge in [-0.25, -0.2) is 0 Å². The third kappa shape index (κ3) is 5.21. The Bertz CT molecular complexity index is 529. The summed E-state index contributed by atoms with van der Waals surface area (Å²) in [5.41, 5.74) is 2.49. The molecule has 0 radical (unpaired) electrons. The maximum absolute atomic E-state index is 12.2. The number of carbonyl (C=O) groups is 2. The van der Waals surface area contributed by atoms with Gasteiger partial charge in [0.15, 0.2) is 0 Å². The molecule has 4 heteroatoms. The molecule has 21 heavy (non-hydrogen) atoms. The van der Waals surface area contributed by atoms with Gasteiger partial charge in [0.25, 0.3) is 5.91 Å². The molecular weight excluding hydrogens is 266 g/mol. The Morgan fingerprint density at radius 3 is 2.38 bits per heavy atom. The summed E-state index contributed by atoms with van der Waals surface area (Å²) in [5, 5.41) is 12.0. The Kier molecular flexibility index (Phi) is 5.53. The van der Waals surface area contributed by atoms with Gasteiger partial charge in [-0.05, 0) is 42.9 Å². The normalized spacial score (nSPS) is 12.8. The number of aliphatic carboxylic acids is 1. The van der Waals surface area contributed by atoms with Crippen molar-refractivity contribution in [3.63, 3.8) is 0 Å². The van der Waals surface area contributed by atoms with Crippen LogP contribution < -0.4 is 5.32 Å². The minimum atomic E-state index is -0.869. The molecule has 0 heterocycles. The molecule has 0 fully saturated rings. The Balaban J connectivity index is 2.74. The highest BCUT2D eigenvalue weighted by Gasteiger charge is 2.25. The first kappa shape index (κ1) is 17.2. The van der Waals surface area contributed by atoms with Crippen molar-refractivity contribution in [3.8, 4) is 0 Å². The van der Waals surface area contributed by atoms with Crippen LogP contribution in [0.4, 0.5) is 0 Å². The quantitative estimate of drug-likeness (QED) is 0.875. The van der Waals surface area contributed by atoms with Crippen LogP contribution in [0.5, 0.6) is 0 Å². The summed E-state index contributed by atoms with van der Waals surface area (Å²) in [6.07, 6.45) is 0.523. The van der Waals surface area contributed by atoms with E-state index in [0.29, 0.717) is 12.0 Å². The summed E-state index contributed by atoms with van der Waals surface area (Å²) in [7, 11) is 0. The number of carbonyl (C=O) groups excluding carboxylic acids is 1. The van der Waals surface area contributed by atoms with E-state index in [9.17, 15) is 14.7 Å². The molecule has 1 aromatic carbocycles. The van der Waals surface area contributed by atoms with Crippen LogP contribution >= 0.6 is 0 Å². The fraction of sp³-hybridized carbons (Fsp3) is 0.529. The predicted molar refractivity (Wildman–Crippen MR) is 83.4 cm³/mol. The molecule has 0 saturated heterocycles. The number of hydrogen-bond donors (Lipinski definition) is 2. The van der Waals surface area contributed by atoms with Crippen molar-refractivity contribution in [1.82, 2.24) is 5.32 Å². The third-order valence-electron chi connectivity index (χ3n) is 3.57. The van der Waals surface area contributed by atoms with E-state index in [4.69, 9.17) is 0 Å². The first-order valence-electron chi connectivity index (χ1n) is 7.19. The van der Waals surface area contributed by atoms with Crippen LogP contribution in [-0.2, 0) is 4.79 Å². The minimum absolute atomic E-state index is 0.0902. The molecule has 0 spiro atoms. The number of nitrogens with one attached hydrogen (secondary N) is 1. The molecule has 1 rings (SSSR count). The number of carboxylic acid groups (broad SMARTS) is 1. The third-order valence-corrected chi connectivity index (χ3v) is 3.57. The number of amides is 1. The van der Waals surface area contributed by atoms with Gasteiger partial charge in [-0.2, -0.15) is 0 Å². The highest BCUT2D eigenvalue weighted by atomic mass is 16.4. The summed E-state index contributed by atoms with van der Waals surface area (Å²) in [4.78, 5) is 23.5. The van der Waals surface area contributed by atoms with E-state index in [-0.39, 0.29) is 17.9 Å². The van der Waals surface area contributed by atoms with Crippen molar-refractivity contribution >= 4 is 11.9 Å². The van der Waals surface area contributed by atoms with Crippen molar-refractivity contribution in [2.24, 2.45) is 11.3 Å². The van der Waals surface area contributed by atoms with Crippen molar-refractivity contribution in [2.45, 2.75) is 41.0 Å². The van der Waals surface area contributed by atoms with Crippen LogP contribution in [0.2, 0.25) is 0 Å². The molecule has 0 aliphatic rings. The number of hydrogen-bond acceptors (Lipinski definition) is 2. The molecule has 0 aliphatic heterocycles. The molecule has 1 amide bonds. The number of rotatable bonds is 5. The summed E-state index contributed by atoms with van der Waals surface area (Å²) in [5.74, 6) is -1.65. The molecule has 1 aromatic rings. The van der Waals surface area contributed by atoms with Crippen molar-refractivity contribution in [1.29, 1.82) is 0 Å². The molecule has 0 aliphatic carbocycles. The molecule has 0 saturated carbocycles. The fourth-order valence-corrected chi connectivity index (χ4v) is 2.29. The summed E-state index contributed by atoms with van der Waals surface area (Å²) in [6.45, 7) is 9.99. The Morgan fingerprint density at radius 1 is 1.24 bits per heavy atom. The van der Waals surface area contributed by atoms with E-state index in [1.54, 1.807) is 6.07 Å². The minimum Gasteiger partial charge on any atom is -0.481 e. The van der Waals surface area contributed by atoms with Crippen LogP contribution in [0, 0.1) is 25.2 Å². The van der Waals surface area contributed by atoms with Gasteiger partial charge in [0.1, 0.15) is 0 Å². The highest BCUT2D eigenvalue weighted by Crippen LogP contribution is 2.24. The summed E-state index contributed by atoms with van der Waals surface area (Å²) in [6, 6.07) is 5.55. The molecule has 0 bridgehead atoms. The van der Waals surface area contributed by atoms with Crippen LogP contribution in [0.15, 0.2) is 18.2 Å². The molecule has 116 valence electrons. The van der Waals surface area contributed by atoms with Crippen LogP contribution in [0.3, 0.4) is 0 Å². The van der Waals surface area contributed by atoms with E-state index >= 15 is 0 Å². The van der Waals surface area contributed by atoms with Crippen LogP contribution in [-0.4, -0.2) is 23.5 Å². The maximum Gasteiger partial charge on any atom is 0.308 e. The average molecular weight is 291 g/mol. The lowest BCUT2D eigenvalue weighted by molar-refractivity contribution is -0.142. The Morgan fingerprint density at radius 2 is 1.86 bits per heavy atom. The Hall–Kier alpha value is -1.84. The zero-order valence-corrected chi connectivity index (χ0v) is 13.5. The summed E-state index contributed by atoms with van der Waals surface area (Å²) < 4.78 is 0. The molecule has 4 nitrogen and oxygen atoms in total. The van der Waals surface area contributed by atoms with E-state index in [2.05, 4.69) is 5.32 Å². The fourth-order valence-electron chi connectivity index (χ4n) is 2.29. The van der Waals surface area contributed by atoms with Crippen molar-refractivity contribution in [3.05, 3.63) is 34.9 Å². The second-order valence-corrected chi connectivity index (χ2v) is 6.76. The summed E-state index contributed by atoms with van der Waals surface area (Å²) >= 11 is 0. The van der Waals surface area contributed by atoms with Gasteiger partial charge in [-0.1, -0.05) is 32.9 Å². The topological polar surface area (TPSA) is 66.4 Å². The van der Waals surface area contributed by atoms with Gasteiger partial charge in [-0.15, -0.1) is 0 Å². The zero-order chi connectivity index (χ0) is 16.2. The number of aryl methyl sites for hydroxylation is 1. The van der Waals surface area contributed by atoms with Gasteiger partial charge in [-0.3, -0.25) is 9.59 Å². The zero-order valence-electron chi connectivity index (χ0n) is 13.5.